The molecular formula is C17H20ClN5O. The number of nitrogens with one attached hydrogen (secondary N) is 1. The van der Waals surface area contributed by atoms with Crippen LogP contribution in [0.25, 0.3) is 0 Å². The molecule has 1 N–H and O–H groups in total. The lowest BCUT2D eigenvalue weighted by molar-refractivity contribution is 0.0946. The summed E-state index contributed by atoms with van der Waals surface area (Å²) in [5.41, 5.74) is 1.31. The molecule has 1 aliphatic heterocycles. The lowest BCUT2D eigenvalue weighted by Gasteiger charge is -2.34. The number of hydrogen-bond donors (Lipinski definition) is 1. The molecule has 0 unspecified atom stereocenters. The van der Waals surface area contributed by atoms with Gasteiger partial charge in [0.2, 0.25) is 0 Å². The van der Waals surface area contributed by atoms with Crippen molar-refractivity contribution in [3.05, 3.63) is 52.9 Å². The minimum atomic E-state index is -0.245. The Kier molecular flexibility index (Phi) is 5.27. The fourth-order valence-corrected chi connectivity index (χ4v) is 2.83. The number of piperazine rings is 1. The van der Waals surface area contributed by atoms with Crippen LogP contribution in [0.15, 0.2) is 36.7 Å². The van der Waals surface area contributed by atoms with Gasteiger partial charge in [0, 0.05) is 55.7 Å². The Morgan fingerprint density at radius 1 is 1.21 bits per heavy atom. The molecule has 1 saturated heterocycles. The van der Waals surface area contributed by atoms with E-state index in [4.69, 9.17) is 11.6 Å². The van der Waals surface area contributed by atoms with Gasteiger partial charge in [-0.15, -0.1) is 0 Å². The zero-order valence-electron chi connectivity index (χ0n) is 13.6. The third-order valence-electron chi connectivity index (χ3n) is 4.06. The van der Waals surface area contributed by atoms with E-state index < -0.39 is 0 Å². The van der Waals surface area contributed by atoms with Gasteiger partial charge in [0.05, 0.1) is 0 Å². The lowest BCUT2D eigenvalue weighted by Crippen LogP contribution is -2.45. The van der Waals surface area contributed by atoms with Crippen LogP contribution in [-0.4, -0.2) is 54.0 Å². The van der Waals surface area contributed by atoms with E-state index in [1.807, 2.05) is 12.1 Å². The molecule has 2 aromatic heterocycles. The SMILES string of the molecule is CN1CCN(c2ncccc2CNC(=O)c2cc(Cl)ccn2)CC1. The summed E-state index contributed by atoms with van der Waals surface area (Å²) in [5, 5.41) is 3.39. The van der Waals surface area contributed by atoms with Crippen molar-refractivity contribution in [2.24, 2.45) is 0 Å². The number of rotatable bonds is 4. The van der Waals surface area contributed by atoms with Gasteiger partial charge in [0.15, 0.2) is 0 Å². The Bertz CT molecular complexity index is 716. The lowest BCUT2D eigenvalue weighted by atomic mass is 10.2. The predicted molar refractivity (Wildman–Crippen MR) is 94.4 cm³/mol. The van der Waals surface area contributed by atoms with Crippen LogP contribution >= 0.6 is 11.6 Å². The fourth-order valence-electron chi connectivity index (χ4n) is 2.67. The van der Waals surface area contributed by atoms with Crippen LogP contribution in [0.5, 0.6) is 0 Å². The van der Waals surface area contributed by atoms with Gasteiger partial charge in [-0.05, 0) is 25.2 Å². The van der Waals surface area contributed by atoms with Gasteiger partial charge >= 0.3 is 0 Å². The number of carbonyl (C=O) groups excluding carboxylic acids is 1. The van der Waals surface area contributed by atoms with Crippen molar-refractivity contribution in [1.29, 1.82) is 0 Å². The van der Waals surface area contributed by atoms with Gasteiger partial charge in [-0.25, -0.2) is 4.98 Å². The van der Waals surface area contributed by atoms with Crippen LogP contribution in [0.1, 0.15) is 16.1 Å². The molecule has 2 aromatic rings. The molecule has 126 valence electrons. The largest absolute Gasteiger partial charge is 0.354 e. The van der Waals surface area contributed by atoms with E-state index in [0.29, 0.717) is 17.3 Å². The minimum Gasteiger partial charge on any atom is -0.354 e. The third kappa shape index (κ3) is 4.01. The molecule has 7 heteroatoms. The third-order valence-corrected chi connectivity index (χ3v) is 4.30. The van der Waals surface area contributed by atoms with Crippen molar-refractivity contribution >= 4 is 23.3 Å². The first-order valence-corrected chi connectivity index (χ1v) is 8.28. The molecule has 1 amide bonds. The van der Waals surface area contributed by atoms with E-state index >= 15 is 0 Å². The average Bonchev–Trinajstić information content (AvgIpc) is 2.61. The molecule has 0 atom stereocenters. The minimum absolute atomic E-state index is 0.245. The van der Waals surface area contributed by atoms with E-state index in [2.05, 4.69) is 32.1 Å². The second-order valence-corrected chi connectivity index (χ2v) is 6.25. The van der Waals surface area contributed by atoms with Crippen molar-refractivity contribution in [2.45, 2.75) is 6.54 Å². The molecule has 0 aromatic carbocycles. The number of pyridine rings is 2. The molecule has 1 aliphatic rings. The Labute approximate surface area is 146 Å². The summed E-state index contributed by atoms with van der Waals surface area (Å²) in [7, 11) is 2.12. The van der Waals surface area contributed by atoms with Gasteiger partial charge in [0.1, 0.15) is 11.5 Å². The van der Waals surface area contributed by atoms with E-state index in [0.717, 1.165) is 37.6 Å². The number of halogens is 1. The fraction of sp³-hybridized carbons (Fsp3) is 0.353. The van der Waals surface area contributed by atoms with E-state index in [1.54, 1.807) is 18.3 Å². The van der Waals surface area contributed by atoms with Gasteiger partial charge in [0.25, 0.3) is 5.91 Å². The number of carbonyl (C=O) groups is 1. The van der Waals surface area contributed by atoms with Crippen molar-refractivity contribution in [2.75, 3.05) is 38.1 Å². The topological polar surface area (TPSA) is 61.4 Å². The first-order valence-electron chi connectivity index (χ1n) is 7.90. The van der Waals surface area contributed by atoms with Gasteiger partial charge in [-0.1, -0.05) is 17.7 Å². The van der Waals surface area contributed by atoms with E-state index in [9.17, 15) is 4.79 Å². The Balaban J connectivity index is 1.68. The molecular weight excluding hydrogens is 326 g/mol. The van der Waals surface area contributed by atoms with E-state index in [1.165, 1.54) is 6.20 Å². The number of aromatic nitrogens is 2. The van der Waals surface area contributed by atoms with E-state index in [-0.39, 0.29) is 5.91 Å². The summed E-state index contributed by atoms with van der Waals surface area (Å²) < 4.78 is 0. The highest BCUT2D eigenvalue weighted by molar-refractivity contribution is 6.30. The normalized spacial score (nSPS) is 15.3. The zero-order valence-corrected chi connectivity index (χ0v) is 14.3. The number of anilines is 1. The summed E-state index contributed by atoms with van der Waals surface area (Å²) >= 11 is 5.90. The molecule has 0 bridgehead atoms. The maximum atomic E-state index is 12.2. The molecule has 6 nitrogen and oxygen atoms in total. The summed E-state index contributed by atoms with van der Waals surface area (Å²) in [6, 6.07) is 7.08. The first kappa shape index (κ1) is 16.7. The van der Waals surface area contributed by atoms with Crippen molar-refractivity contribution in [3.63, 3.8) is 0 Å². The Morgan fingerprint density at radius 2 is 2.00 bits per heavy atom. The highest BCUT2D eigenvalue weighted by Gasteiger charge is 2.18. The highest BCUT2D eigenvalue weighted by Crippen LogP contribution is 2.18. The first-order chi connectivity index (χ1) is 11.6. The standard InChI is InChI=1S/C17H20ClN5O/c1-22-7-9-23(10-8-22)16-13(3-2-5-20-16)12-21-17(24)15-11-14(18)4-6-19-15/h2-6,11H,7-10,12H2,1H3,(H,21,24). The predicted octanol–water partition coefficient (Wildman–Crippen LogP) is 1.81. The smallest absolute Gasteiger partial charge is 0.270 e. The van der Waals surface area contributed by atoms with Gasteiger partial charge < -0.3 is 15.1 Å². The Morgan fingerprint density at radius 3 is 2.75 bits per heavy atom. The molecule has 0 spiro atoms. The summed E-state index contributed by atoms with van der Waals surface area (Å²) in [6.07, 6.45) is 3.31. The maximum Gasteiger partial charge on any atom is 0.270 e. The van der Waals surface area contributed by atoms with Crippen LogP contribution in [0.3, 0.4) is 0 Å². The van der Waals surface area contributed by atoms with Crippen LogP contribution in [-0.2, 0) is 6.54 Å². The van der Waals surface area contributed by atoms with Crippen LogP contribution < -0.4 is 10.2 Å². The maximum absolute atomic E-state index is 12.2. The average molecular weight is 346 g/mol. The van der Waals surface area contributed by atoms with Gasteiger partial charge in [-0.3, -0.25) is 9.78 Å². The monoisotopic (exact) mass is 345 g/mol. The van der Waals surface area contributed by atoms with Crippen molar-refractivity contribution in [1.82, 2.24) is 20.2 Å². The van der Waals surface area contributed by atoms with Gasteiger partial charge in [-0.2, -0.15) is 0 Å². The number of nitrogens with zero attached hydrogens (tertiary/aromatic N) is 4. The van der Waals surface area contributed by atoms with Crippen molar-refractivity contribution in [3.8, 4) is 0 Å². The Hall–Kier alpha value is -2.18. The highest BCUT2D eigenvalue weighted by atomic mass is 35.5. The van der Waals surface area contributed by atoms with Crippen LogP contribution in [0.4, 0.5) is 5.82 Å². The second kappa shape index (κ2) is 7.59. The number of likely N-dealkylation sites (N-methyl/N-ethyl adjacent to an activating group) is 1. The summed E-state index contributed by atoms with van der Waals surface area (Å²) in [4.78, 5) is 25.3. The number of hydrogen-bond acceptors (Lipinski definition) is 5. The van der Waals surface area contributed by atoms with Crippen LogP contribution in [0.2, 0.25) is 5.02 Å². The number of amides is 1. The van der Waals surface area contributed by atoms with Crippen molar-refractivity contribution < 1.29 is 4.79 Å². The molecule has 1 fully saturated rings. The quantitative estimate of drug-likeness (QED) is 0.915. The summed E-state index contributed by atoms with van der Waals surface area (Å²) in [6.45, 7) is 4.29. The molecule has 24 heavy (non-hydrogen) atoms. The molecule has 0 radical (unpaired) electrons. The molecule has 3 heterocycles. The molecule has 0 saturated carbocycles. The zero-order chi connectivity index (χ0) is 16.9. The molecule has 0 aliphatic carbocycles. The summed E-state index contributed by atoms with van der Waals surface area (Å²) in [5.74, 6) is 0.690. The van der Waals surface area contributed by atoms with Crippen LogP contribution in [0, 0.1) is 0 Å². The molecule has 3 rings (SSSR count). The second-order valence-electron chi connectivity index (χ2n) is 5.82.